The van der Waals surface area contributed by atoms with Crippen LogP contribution < -0.4 is 14.2 Å². The largest absolute Gasteiger partial charge is 0.495 e. The van der Waals surface area contributed by atoms with E-state index in [1.165, 1.54) is 0 Å². The van der Waals surface area contributed by atoms with Gasteiger partial charge in [0.05, 0.1) is 31.5 Å². The standard InChI is InChI=1S/C20H25NO6/c1-6-27-20(2,3)15(22)11-26-14-8-7-12-16(18(14)24-5)21-19-13(9-10-25-19)17(12)23-4/h7-10,15,22H,6,11H2,1-5H3/t15-/m1/s1. The van der Waals surface area contributed by atoms with E-state index in [1.807, 2.05) is 32.9 Å². The van der Waals surface area contributed by atoms with Crippen LogP contribution in [0.5, 0.6) is 17.2 Å². The number of aliphatic hydroxyl groups is 1. The summed E-state index contributed by atoms with van der Waals surface area (Å²) >= 11 is 0. The molecule has 0 aliphatic heterocycles. The average Bonchev–Trinajstić information content (AvgIpc) is 3.11. The summed E-state index contributed by atoms with van der Waals surface area (Å²) in [6.07, 6.45) is 0.752. The van der Waals surface area contributed by atoms with Crippen molar-refractivity contribution in [2.45, 2.75) is 32.5 Å². The molecular formula is C20H25NO6. The number of fused-ring (bicyclic) bond motifs is 2. The first kappa shape index (κ1) is 19.3. The molecule has 0 aliphatic rings. The first-order valence-corrected chi connectivity index (χ1v) is 8.79. The number of nitrogens with zero attached hydrogens (tertiary/aromatic N) is 1. The molecule has 0 bridgehead atoms. The van der Waals surface area contributed by atoms with Crippen LogP contribution in [0, 0.1) is 0 Å². The predicted octanol–water partition coefficient (Wildman–Crippen LogP) is 3.55. The summed E-state index contributed by atoms with van der Waals surface area (Å²) in [4.78, 5) is 4.54. The molecule has 2 aromatic heterocycles. The van der Waals surface area contributed by atoms with Gasteiger partial charge in [-0.15, -0.1) is 0 Å². The zero-order valence-corrected chi connectivity index (χ0v) is 16.2. The van der Waals surface area contributed by atoms with Gasteiger partial charge in [-0.3, -0.25) is 0 Å². The Morgan fingerprint density at radius 1 is 1.11 bits per heavy atom. The monoisotopic (exact) mass is 375 g/mol. The van der Waals surface area contributed by atoms with Gasteiger partial charge in [0.1, 0.15) is 24.0 Å². The quantitative estimate of drug-likeness (QED) is 0.644. The molecule has 0 spiro atoms. The van der Waals surface area contributed by atoms with Gasteiger partial charge in [-0.1, -0.05) is 0 Å². The molecule has 0 radical (unpaired) electrons. The first-order chi connectivity index (χ1) is 12.9. The number of benzene rings is 1. The summed E-state index contributed by atoms with van der Waals surface area (Å²) < 4.78 is 27.9. The summed E-state index contributed by atoms with van der Waals surface area (Å²) in [7, 11) is 3.15. The van der Waals surface area contributed by atoms with Gasteiger partial charge in [0, 0.05) is 12.0 Å². The topological polar surface area (TPSA) is 83.2 Å². The van der Waals surface area contributed by atoms with Crippen LogP contribution in [0.25, 0.3) is 22.0 Å². The summed E-state index contributed by atoms with van der Waals surface area (Å²) in [5.74, 6) is 1.58. The average molecular weight is 375 g/mol. The molecule has 0 fully saturated rings. The molecule has 0 aliphatic carbocycles. The molecule has 1 aromatic carbocycles. The molecule has 0 amide bonds. The lowest BCUT2D eigenvalue weighted by Crippen LogP contribution is -2.42. The van der Waals surface area contributed by atoms with Crippen LogP contribution in [-0.2, 0) is 4.74 Å². The summed E-state index contributed by atoms with van der Waals surface area (Å²) in [6, 6.07) is 5.44. The Morgan fingerprint density at radius 2 is 1.85 bits per heavy atom. The van der Waals surface area contributed by atoms with Gasteiger partial charge in [-0.25, -0.2) is 4.98 Å². The number of aliphatic hydroxyl groups excluding tert-OH is 1. The van der Waals surface area contributed by atoms with Gasteiger partial charge in [0.2, 0.25) is 5.71 Å². The maximum Gasteiger partial charge on any atom is 0.230 e. The lowest BCUT2D eigenvalue weighted by atomic mass is 10.0. The van der Waals surface area contributed by atoms with Crippen molar-refractivity contribution in [3.8, 4) is 17.2 Å². The Kier molecular flexibility index (Phi) is 5.43. The Labute approximate surface area is 157 Å². The number of methoxy groups -OCH3 is 2. The Hall–Kier alpha value is -2.51. The molecule has 2 heterocycles. The van der Waals surface area contributed by atoms with Crippen LogP contribution in [0.2, 0.25) is 0 Å². The highest BCUT2D eigenvalue weighted by atomic mass is 16.5. The fourth-order valence-corrected chi connectivity index (χ4v) is 3.02. The van der Waals surface area contributed by atoms with Crippen molar-refractivity contribution in [1.82, 2.24) is 4.98 Å². The summed E-state index contributed by atoms with van der Waals surface area (Å²) in [6.45, 7) is 6.09. The molecule has 146 valence electrons. The molecule has 1 atom stereocenters. The molecule has 27 heavy (non-hydrogen) atoms. The van der Waals surface area contributed by atoms with E-state index in [0.29, 0.717) is 35.1 Å². The van der Waals surface area contributed by atoms with E-state index in [0.717, 1.165) is 10.8 Å². The van der Waals surface area contributed by atoms with Crippen LogP contribution in [-0.4, -0.2) is 49.2 Å². The SMILES string of the molecule is CCOC(C)(C)[C@H](O)COc1ccc2c(OC)c3ccoc3nc2c1OC. The van der Waals surface area contributed by atoms with Crippen LogP contribution in [0.15, 0.2) is 28.9 Å². The second-order valence-corrected chi connectivity index (χ2v) is 6.64. The normalized spacial score (nSPS) is 13.1. The van der Waals surface area contributed by atoms with Crippen molar-refractivity contribution in [2.24, 2.45) is 0 Å². The Morgan fingerprint density at radius 3 is 2.52 bits per heavy atom. The fraction of sp³-hybridized carbons (Fsp3) is 0.450. The Balaban J connectivity index is 1.98. The molecule has 3 aromatic rings. The predicted molar refractivity (Wildman–Crippen MR) is 102 cm³/mol. The first-order valence-electron chi connectivity index (χ1n) is 8.79. The molecular weight excluding hydrogens is 350 g/mol. The second-order valence-electron chi connectivity index (χ2n) is 6.64. The number of ether oxygens (including phenoxy) is 4. The lowest BCUT2D eigenvalue weighted by molar-refractivity contribution is -0.108. The van der Waals surface area contributed by atoms with Crippen LogP contribution in [0.1, 0.15) is 20.8 Å². The van der Waals surface area contributed by atoms with Crippen molar-refractivity contribution in [2.75, 3.05) is 27.4 Å². The van der Waals surface area contributed by atoms with Crippen molar-refractivity contribution in [1.29, 1.82) is 0 Å². The Bertz CT molecular complexity index is 933. The van der Waals surface area contributed by atoms with Gasteiger partial charge in [-0.2, -0.15) is 0 Å². The maximum atomic E-state index is 10.4. The van der Waals surface area contributed by atoms with Crippen molar-refractivity contribution in [3.05, 3.63) is 24.5 Å². The van der Waals surface area contributed by atoms with Crippen molar-refractivity contribution >= 4 is 22.0 Å². The molecule has 0 saturated heterocycles. The molecule has 3 rings (SSSR count). The third-order valence-corrected chi connectivity index (χ3v) is 4.57. The van der Waals surface area contributed by atoms with Gasteiger partial charge < -0.3 is 28.5 Å². The lowest BCUT2D eigenvalue weighted by Gasteiger charge is -2.30. The van der Waals surface area contributed by atoms with Crippen LogP contribution in [0.4, 0.5) is 0 Å². The second kappa shape index (κ2) is 7.62. The minimum atomic E-state index is -0.812. The molecule has 7 heteroatoms. The number of aromatic nitrogens is 1. The van der Waals surface area contributed by atoms with Crippen molar-refractivity contribution < 1.29 is 28.5 Å². The third-order valence-electron chi connectivity index (χ3n) is 4.57. The highest BCUT2D eigenvalue weighted by Crippen LogP contribution is 2.41. The summed E-state index contributed by atoms with van der Waals surface area (Å²) in [5.41, 5.74) is 0.292. The number of hydrogen-bond acceptors (Lipinski definition) is 7. The molecule has 1 N–H and O–H groups in total. The zero-order chi connectivity index (χ0) is 19.6. The van der Waals surface area contributed by atoms with Gasteiger partial charge in [0.25, 0.3) is 0 Å². The minimum Gasteiger partial charge on any atom is -0.495 e. The van der Waals surface area contributed by atoms with Gasteiger partial charge >= 0.3 is 0 Å². The number of hydrogen-bond donors (Lipinski definition) is 1. The van der Waals surface area contributed by atoms with Gasteiger partial charge in [0.15, 0.2) is 11.5 Å². The number of pyridine rings is 1. The highest BCUT2D eigenvalue weighted by Gasteiger charge is 2.29. The molecule has 7 nitrogen and oxygen atoms in total. The maximum absolute atomic E-state index is 10.4. The van der Waals surface area contributed by atoms with Crippen LogP contribution >= 0.6 is 0 Å². The number of furan rings is 1. The van der Waals surface area contributed by atoms with E-state index in [2.05, 4.69) is 4.98 Å². The number of rotatable bonds is 8. The van der Waals surface area contributed by atoms with E-state index < -0.39 is 11.7 Å². The van der Waals surface area contributed by atoms with E-state index in [4.69, 9.17) is 23.4 Å². The van der Waals surface area contributed by atoms with E-state index in [1.54, 1.807) is 26.5 Å². The molecule has 0 saturated carbocycles. The van der Waals surface area contributed by atoms with E-state index >= 15 is 0 Å². The smallest absolute Gasteiger partial charge is 0.230 e. The highest BCUT2D eigenvalue weighted by molar-refractivity contribution is 6.02. The van der Waals surface area contributed by atoms with Crippen molar-refractivity contribution in [3.63, 3.8) is 0 Å². The third kappa shape index (κ3) is 3.52. The molecule has 0 unspecified atom stereocenters. The zero-order valence-electron chi connectivity index (χ0n) is 16.2. The fourth-order valence-electron chi connectivity index (χ4n) is 3.02. The summed E-state index contributed by atoms with van der Waals surface area (Å²) in [5, 5.41) is 12.0. The minimum absolute atomic E-state index is 0.0506. The van der Waals surface area contributed by atoms with Gasteiger partial charge in [-0.05, 0) is 39.0 Å². The van der Waals surface area contributed by atoms with E-state index in [-0.39, 0.29) is 6.61 Å². The van der Waals surface area contributed by atoms with E-state index in [9.17, 15) is 5.11 Å². The van der Waals surface area contributed by atoms with Crippen LogP contribution in [0.3, 0.4) is 0 Å².